The van der Waals surface area contributed by atoms with E-state index >= 15 is 0 Å². The quantitative estimate of drug-likeness (QED) is 0.300. The van der Waals surface area contributed by atoms with Crippen molar-refractivity contribution in [2.24, 2.45) is 0 Å². The van der Waals surface area contributed by atoms with E-state index in [0.29, 0.717) is 37.4 Å². The molecule has 11 nitrogen and oxygen atoms in total. The van der Waals surface area contributed by atoms with Crippen LogP contribution in [-0.4, -0.2) is 106 Å². The number of sulfonamides is 1. The van der Waals surface area contributed by atoms with Crippen LogP contribution in [0.5, 0.6) is 0 Å². The molecule has 3 aliphatic rings. The van der Waals surface area contributed by atoms with Crippen molar-refractivity contribution in [1.82, 2.24) is 14.1 Å². The summed E-state index contributed by atoms with van der Waals surface area (Å²) < 4.78 is 32.0. The maximum Gasteiger partial charge on any atom is 0.296 e. The van der Waals surface area contributed by atoms with Gasteiger partial charge in [0.15, 0.2) is 5.54 Å². The lowest BCUT2D eigenvalue weighted by Gasteiger charge is -2.35. The molecule has 1 N–H and O–H groups in total. The Labute approximate surface area is 233 Å². The molecular formula is C28H32N4O7S. The molecule has 2 aromatic carbocycles. The summed E-state index contributed by atoms with van der Waals surface area (Å²) in [6.45, 7) is 3.47. The Morgan fingerprint density at radius 1 is 1.02 bits per heavy atom. The summed E-state index contributed by atoms with van der Waals surface area (Å²) in [5.41, 5.74) is -1.32. The van der Waals surface area contributed by atoms with Gasteiger partial charge in [-0.15, -0.1) is 0 Å². The van der Waals surface area contributed by atoms with Gasteiger partial charge in [0.2, 0.25) is 10.0 Å². The number of ether oxygens (including phenoxy) is 1. The summed E-state index contributed by atoms with van der Waals surface area (Å²) in [7, 11) is 0.467. The standard InChI is InChI=1S/C28H32N4O7S/c1-29(2)40(37,38)20-9-6-8-19(18-20)24(33)23-25(34)26(35)32(13-7-12-31-14-16-39-17-15-31)28(23)21-10-4-5-11-22(21)30(3)27(28)36/h4-6,8-11,18,33H,7,12-17H2,1-3H3/t28-/m0/s1. The van der Waals surface area contributed by atoms with Gasteiger partial charge in [0.25, 0.3) is 17.6 Å². The second-order valence-corrected chi connectivity index (χ2v) is 12.4. The smallest absolute Gasteiger partial charge is 0.296 e. The van der Waals surface area contributed by atoms with Crippen LogP contribution in [0, 0.1) is 0 Å². The third kappa shape index (κ3) is 4.22. The van der Waals surface area contributed by atoms with Crippen molar-refractivity contribution in [1.29, 1.82) is 0 Å². The van der Waals surface area contributed by atoms with Crippen LogP contribution in [0.2, 0.25) is 0 Å². The van der Waals surface area contributed by atoms with Gasteiger partial charge >= 0.3 is 0 Å². The minimum atomic E-state index is -3.86. The molecule has 0 unspecified atom stereocenters. The first-order valence-electron chi connectivity index (χ1n) is 13.0. The number of morpholine rings is 1. The van der Waals surface area contributed by atoms with E-state index in [-0.39, 0.29) is 22.6 Å². The molecule has 40 heavy (non-hydrogen) atoms. The van der Waals surface area contributed by atoms with Crippen LogP contribution in [0.15, 0.2) is 59.0 Å². The average molecular weight is 569 g/mol. The molecule has 12 heteroatoms. The van der Waals surface area contributed by atoms with Crippen LogP contribution in [-0.2, 0) is 34.7 Å². The highest BCUT2D eigenvalue weighted by Gasteiger charge is 2.66. The molecule has 2 fully saturated rings. The van der Waals surface area contributed by atoms with E-state index in [2.05, 4.69) is 4.90 Å². The van der Waals surface area contributed by atoms with Crippen LogP contribution in [0.3, 0.4) is 0 Å². The number of rotatable bonds is 7. The van der Waals surface area contributed by atoms with E-state index in [1.807, 2.05) is 0 Å². The van der Waals surface area contributed by atoms with Gasteiger partial charge in [-0.1, -0.05) is 30.3 Å². The van der Waals surface area contributed by atoms with Gasteiger partial charge in [-0.2, -0.15) is 0 Å². The van der Waals surface area contributed by atoms with Gasteiger partial charge in [-0.05, 0) is 24.6 Å². The number of amides is 2. The normalized spacial score (nSPS) is 23.1. The van der Waals surface area contributed by atoms with Crippen molar-refractivity contribution in [3.8, 4) is 0 Å². The molecule has 5 rings (SSSR count). The number of hydrogen-bond donors (Lipinski definition) is 1. The number of carbonyl (C=O) groups excluding carboxylic acids is 3. The van der Waals surface area contributed by atoms with E-state index in [0.717, 1.165) is 17.4 Å². The predicted octanol–water partition coefficient (Wildman–Crippen LogP) is 1.21. The Morgan fingerprint density at radius 2 is 1.73 bits per heavy atom. The highest BCUT2D eigenvalue weighted by Crippen LogP contribution is 2.53. The molecule has 0 aliphatic carbocycles. The number of Topliss-reactive ketones (excluding diaryl/α,β-unsaturated/α-hetero) is 1. The Bertz CT molecular complexity index is 1510. The van der Waals surface area contributed by atoms with E-state index in [4.69, 9.17) is 4.74 Å². The number of hydrogen-bond acceptors (Lipinski definition) is 8. The lowest BCUT2D eigenvalue weighted by molar-refractivity contribution is -0.143. The zero-order valence-electron chi connectivity index (χ0n) is 22.7. The highest BCUT2D eigenvalue weighted by molar-refractivity contribution is 7.89. The highest BCUT2D eigenvalue weighted by atomic mass is 32.2. The second-order valence-electron chi connectivity index (χ2n) is 10.2. The van der Waals surface area contributed by atoms with Crippen molar-refractivity contribution in [2.45, 2.75) is 16.9 Å². The van der Waals surface area contributed by atoms with Crippen molar-refractivity contribution < 1.29 is 32.6 Å². The third-order valence-electron chi connectivity index (χ3n) is 7.79. The number of carbonyl (C=O) groups is 3. The number of likely N-dealkylation sites (N-methyl/N-ethyl adjacent to an activating group) is 1. The van der Waals surface area contributed by atoms with Gasteiger partial charge in [-0.25, -0.2) is 12.7 Å². The first kappa shape index (κ1) is 28.0. The monoisotopic (exact) mass is 568 g/mol. The first-order chi connectivity index (χ1) is 19.0. The Kier molecular flexibility index (Phi) is 7.29. The van der Waals surface area contributed by atoms with Crippen LogP contribution in [0.25, 0.3) is 5.76 Å². The van der Waals surface area contributed by atoms with E-state index in [1.54, 1.807) is 31.3 Å². The zero-order valence-corrected chi connectivity index (χ0v) is 23.5. The van der Waals surface area contributed by atoms with Gasteiger partial charge in [-0.3, -0.25) is 19.3 Å². The van der Waals surface area contributed by atoms with Crippen molar-refractivity contribution in [3.63, 3.8) is 0 Å². The van der Waals surface area contributed by atoms with E-state index in [1.165, 1.54) is 48.2 Å². The number of aliphatic hydroxyl groups is 1. The number of aliphatic hydroxyl groups excluding tert-OH is 1. The predicted molar refractivity (Wildman–Crippen MR) is 147 cm³/mol. The van der Waals surface area contributed by atoms with Gasteiger partial charge in [0.1, 0.15) is 5.76 Å². The summed E-state index contributed by atoms with van der Waals surface area (Å²) in [4.78, 5) is 46.1. The number of likely N-dealkylation sites (tertiary alicyclic amines) is 1. The third-order valence-corrected chi connectivity index (χ3v) is 9.60. The topological polar surface area (TPSA) is 128 Å². The largest absolute Gasteiger partial charge is 0.507 e. The number of ketones is 1. The molecule has 0 saturated carbocycles. The number of fused-ring (bicyclic) bond motifs is 2. The van der Waals surface area contributed by atoms with Crippen LogP contribution >= 0.6 is 0 Å². The molecule has 3 heterocycles. The van der Waals surface area contributed by atoms with Crippen molar-refractivity contribution >= 4 is 39.1 Å². The first-order valence-corrected chi connectivity index (χ1v) is 14.5. The van der Waals surface area contributed by atoms with Crippen molar-refractivity contribution in [3.05, 3.63) is 65.2 Å². The molecule has 3 aliphatic heterocycles. The SMILES string of the molecule is CN1C(=O)[C@@]2(C(=C(O)c3cccc(S(=O)(=O)N(C)C)c3)C(=O)C(=O)N2CCCN2CCOCC2)c2ccccc21. The molecule has 0 aromatic heterocycles. The minimum Gasteiger partial charge on any atom is -0.507 e. The molecule has 2 saturated heterocycles. The van der Waals surface area contributed by atoms with Crippen LogP contribution < -0.4 is 4.90 Å². The number of anilines is 1. The van der Waals surface area contributed by atoms with Gasteiger partial charge < -0.3 is 19.6 Å². The average Bonchev–Trinajstić information content (AvgIpc) is 3.31. The van der Waals surface area contributed by atoms with Crippen LogP contribution in [0.4, 0.5) is 5.69 Å². The van der Waals surface area contributed by atoms with Crippen LogP contribution in [0.1, 0.15) is 17.5 Å². The van der Waals surface area contributed by atoms with E-state index in [9.17, 15) is 27.9 Å². The molecule has 1 spiro atoms. The second kappa shape index (κ2) is 10.4. The maximum atomic E-state index is 14.1. The number of benzene rings is 2. The minimum absolute atomic E-state index is 0.00782. The molecule has 0 radical (unpaired) electrons. The summed E-state index contributed by atoms with van der Waals surface area (Å²) in [6, 6.07) is 12.4. The van der Waals surface area contributed by atoms with E-state index < -0.39 is 38.9 Å². The zero-order chi connectivity index (χ0) is 28.8. The fourth-order valence-electron chi connectivity index (χ4n) is 5.71. The fourth-order valence-corrected chi connectivity index (χ4v) is 6.66. The Morgan fingerprint density at radius 3 is 2.42 bits per heavy atom. The summed E-state index contributed by atoms with van der Waals surface area (Å²) in [5, 5.41) is 11.6. The maximum absolute atomic E-state index is 14.1. The molecular weight excluding hydrogens is 536 g/mol. The summed E-state index contributed by atoms with van der Waals surface area (Å²) in [6.07, 6.45) is 0.491. The molecule has 0 bridgehead atoms. The van der Waals surface area contributed by atoms with Crippen molar-refractivity contribution in [2.75, 3.05) is 65.4 Å². The lowest BCUT2D eigenvalue weighted by Crippen LogP contribution is -2.52. The Hall–Kier alpha value is -3.58. The summed E-state index contributed by atoms with van der Waals surface area (Å²) in [5.74, 6) is -3.04. The number of nitrogens with zero attached hydrogens (tertiary/aromatic N) is 4. The lowest BCUT2D eigenvalue weighted by atomic mass is 9.82. The number of para-hydroxylation sites is 1. The van der Waals surface area contributed by atoms with Gasteiger partial charge in [0.05, 0.1) is 23.7 Å². The molecule has 2 amide bonds. The van der Waals surface area contributed by atoms with Gasteiger partial charge in [0, 0.05) is 64.1 Å². The Balaban J connectivity index is 1.66. The fraction of sp³-hybridized carbons (Fsp3) is 0.393. The summed E-state index contributed by atoms with van der Waals surface area (Å²) >= 11 is 0. The molecule has 1 atom stereocenters. The molecule has 2 aromatic rings. The molecule has 212 valence electrons.